The molecule has 76 valence electrons. The molecule has 3 heteroatoms. The van der Waals surface area contributed by atoms with Crippen LogP contribution < -0.4 is 5.73 Å². The Balaban J connectivity index is 2.74. The molecule has 0 aliphatic carbocycles. The first kappa shape index (κ1) is 10.7. The Kier molecular flexibility index (Phi) is 4.13. The van der Waals surface area contributed by atoms with Gasteiger partial charge < -0.3 is 10.5 Å². The molecule has 1 rings (SSSR count). The summed E-state index contributed by atoms with van der Waals surface area (Å²) in [6, 6.07) is 7.91. The number of nitrogens with one attached hydrogen (secondary N) is 1. The van der Waals surface area contributed by atoms with E-state index in [1.54, 1.807) is 0 Å². The molecule has 0 amide bonds. The Morgan fingerprint density at radius 3 is 2.57 bits per heavy atom. The molecule has 0 saturated carbocycles. The van der Waals surface area contributed by atoms with Gasteiger partial charge >= 0.3 is 0 Å². The molecule has 0 aliphatic heterocycles. The lowest BCUT2D eigenvalue weighted by Crippen LogP contribution is -2.14. The second kappa shape index (κ2) is 5.40. The SMILES string of the molecule is CCOCc1ccccc1CC(=N)N. The van der Waals surface area contributed by atoms with E-state index in [1.807, 2.05) is 31.2 Å². The maximum Gasteiger partial charge on any atom is 0.0950 e. The van der Waals surface area contributed by atoms with Crippen molar-refractivity contribution >= 4 is 5.84 Å². The third kappa shape index (κ3) is 3.18. The summed E-state index contributed by atoms with van der Waals surface area (Å²) in [6.07, 6.45) is 0.503. The molecule has 0 unspecified atom stereocenters. The Bertz CT molecular complexity index is 310. The van der Waals surface area contributed by atoms with Crippen molar-refractivity contribution in [1.29, 1.82) is 5.41 Å². The number of amidine groups is 1. The van der Waals surface area contributed by atoms with Gasteiger partial charge in [-0.2, -0.15) is 0 Å². The highest BCUT2D eigenvalue weighted by Gasteiger charge is 2.02. The fraction of sp³-hybridized carbons (Fsp3) is 0.364. The number of ether oxygens (including phenoxy) is 1. The van der Waals surface area contributed by atoms with Gasteiger partial charge in [-0.15, -0.1) is 0 Å². The van der Waals surface area contributed by atoms with E-state index in [-0.39, 0.29) is 5.84 Å². The summed E-state index contributed by atoms with van der Waals surface area (Å²) in [4.78, 5) is 0. The second-order valence-electron chi connectivity index (χ2n) is 3.11. The lowest BCUT2D eigenvalue weighted by Gasteiger charge is -2.08. The molecule has 1 aromatic carbocycles. The van der Waals surface area contributed by atoms with Crippen LogP contribution >= 0.6 is 0 Å². The van der Waals surface area contributed by atoms with Crippen molar-refractivity contribution in [3.63, 3.8) is 0 Å². The minimum Gasteiger partial charge on any atom is -0.387 e. The Morgan fingerprint density at radius 2 is 2.00 bits per heavy atom. The summed E-state index contributed by atoms with van der Waals surface area (Å²) in [5.41, 5.74) is 7.56. The third-order valence-electron chi connectivity index (χ3n) is 1.96. The Morgan fingerprint density at radius 1 is 1.36 bits per heavy atom. The molecule has 1 aromatic rings. The van der Waals surface area contributed by atoms with Crippen molar-refractivity contribution in [1.82, 2.24) is 0 Å². The van der Waals surface area contributed by atoms with Crippen LogP contribution in [-0.4, -0.2) is 12.4 Å². The van der Waals surface area contributed by atoms with Crippen molar-refractivity contribution < 1.29 is 4.74 Å². The van der Waals surface area contributed by atoms with Gasteiger partial charge in [-0.25, -0.2) is 0 Å². The van der Waals surface area contributed by atoms with E-state index in [0.717, 1.165) is 11.1 Å². The van der Waals surface area contributed by atoms with Crippen LogP contribution in [0, 0.1) is 5.41 Å². The molecule has 0 fully saturated rings. The quantitative estimate of drug-likeness (QED) is 0.551. The number of nitrogens with two attached hydrogens (primary N) is 1. The molecule has 0 atom stereocenters. The van der Waals surface area contributed by atoms with E-state index in [0.29, 0.717) is 19.6 Å². The molecule has 0 bridgehead atoms. The summed E-state index contributed by atoms with van der Waals surface area (Å²) in [7, 11) is 0. The molecule has 0 aromatic heterocycles. The number of hydrogen-bond acceptors (Lipinski definition) is 2. The molecule has 0 radical (unpaired) electrons. The zero-order chi connectivity index (χ0) is 10.4. The lowest BCUT2D eigenvalue weighted by molar-refractivity contribution is 0.133. The van der Waals surface area contributed by atoms with Crippen molar-refractivity contribution in [2.75, 3.05) is 6.61 Å². The van der Waals surface area contributed by atoms with E-state index in [9.17, 15) is 0 Å². The van der Waals surface area contributed by atoms with Crippen LogP contribution in [0.2, 0.25) is 0 Å². The van der Waals surface area contributed by atoms with E-state index in [1.165, 1.54) is 0 Å². The van der Waals surface area contributed by atoms with Gasteiger partial charge in [0.05, 0.1) is 12.4 Å². The van der Waals surface area contributed by atoms with Gasteiger partial charge in [0.1, 0.15) is 0 Å². The van der Waals surface area contributed by atoms with Crippen LogP contribution in [0.1, 0.15) is 18.1 Å². The van der Waals surface area contributed by atoms with Crippen LogP contribution in [0.4, 0.5) is 0 Å². The second-order valence-corrected chi connectivity index (χ2v) is 3.11. The summed E-state index contributed by atoms with van der Waals surface area (Å²) in [6.45, 7) is 3.27. The summed E-state index contributed by atoms with van der Waals surface area (Å²) >= 11 is 0. The van der Waals surface area contributed by atoms with Gasteiger partial charge in [-0.3, -0.25) is 5.41 Å². The highest BCUT2D eigenvalue weighted by atomic mass is 16.5. The predicted octanol–water partition coefficient (Wildman–Crippen LogP) is 1.70. The lowest BCUT2D eigenvalue weighted by atomic mass is 10.0. The van der Waals surface area contributed by atoms with Crippen molar-refractivity contribution in [2.45, 2.75) is 20.0 Å². The minimum atomic E-state index is 0.189. The zero-order valence-corrected chi connectivity index (χ0v) is 8.42. The monoisotopic (exact) mass is 192 g/mol. The average molecular weight is 192 g/mol. The molecular formula is C11H16N2O. The van der Waals surface area contributed by atoms with E-state index in [2.05, 4.69) is 0 Å². The van der Waals surface area contributed by atoms with E-state index in [4.69, 9.17) is 15.9 Å². The maximum absolute atomic E-state index is 7.24. The summed E-state index contributed by atoms with van der Waals surface area (Å²) in [5, 5.41) is 7.24. The first-order valence-corrected chi connectivity index (χ1v) is 4.71. The van der Waals surface area contributed by atoms with Gasteiger partial charge in [0.15, 0.2) is 0 Å². The van der Waals surface area contributed by atoms with Crippen molar-refractivity contribution in [2.24, 2.45) is 5.73 Å². The average Bonchev–Trinajstić information content (AvgIpc) is 2.16. The van der Waals surface area contributed by atoms with Crippen LogP contribution in [0.15, 0.2) is 24.3 Å². The smallest absolute Gasteiger partial charge is 0.0950 e. The highest BCUT2D eigenvalue weighted by molar-refractivity contribution is 5.79. The molecule has 0 saturated heterocycles. The Hall–Kier alpha value is -1.35. The summed E-state index contributed by atoms with van der Waals surface area (Å²) in [5.74, 6) is 0.189. The first-order valence-electron chi connectivity index (χ1n) is 4.71. The summed E-state index contributed by atoms with van der Waals surface area (Å²) < 4.78 is 5.33. The topological polar surface area (TPSA) is 59.1 Å². The van der Waals surface area contributed by atoms with Crippen LogP contribution in [-0.2, 0) is 17.8 Å². The maximum atomic E-state index is 7.24. The molecule has 0 spiro atoms. The molecule has 3 nitrogen and oxygen atoms in total. The van der Waals surface area contributed by atoms with Crippen LogP contribution in [0.3, 0.4) is 0 Å². The first-order chi connectivity index (χ1) is 6.74. The van der Waals surface area contributed by atoms with Gasteiger partial charge in [0.25, 0.3) is 0 Å². The normalized spacial score (nSPS) is 10.1. The van der Waals surface area contributed by atoms with Gasteiger partial charge in [-0.1, -0.05) is 24.3 Å². The van der Waals surface area contributed by atoms with Crippen molar-refractivity contribution in [3.05, 3.63) is 35.4 Å². The standard InChI is InChI=1S/C11H16N2O/c1-2-14-8-10-6-4-3-5-9(10)7-11(12)13/h3-6H,2,7-8H2,1H3,(H3,12,13). The van der Waals surface area contributed by atoms with Gasteiger partial charge in [0, 0.05) is 13.0 Å². The fourth-order valence-electron chi connectivity index (χ4n) is 1.29. The highest BCUT2D eigenvalue weighted by Crippen LogP contribution is 2.10. The minimum absolute atomic E-state index is 0.189. The molecular weight excluding hydrogens is 176 g/mol. The largest absolute Gasteiger partial charge is 0.387 e. The fourth-order valence-corrected chi connectivity index (χ4v) is 1.29. The molecule has 0 aliphatic rings. The molecule has 3 N–H and O–H groups in total. The van der Waals surface area contributed by atoms with Gasteiger partial charge in [0.2, 0.25) is 0 Å². The van der Waals surface area contributed by atoms with Gasteiger partial charge in [-0.05, 0) is 18.1 Å². The van der Waals surface area contributed by atoms with Crippen molar-refractivity contribution in [3.8, 4) is 0 Å². The molecule has 14 heavy (non-hydrogen) atoms. The number of hydrogen-bond donors (Lipinski definition) is 2. The van der Waals surface area contributed by atoms with Crippen LogP contribution in [0.5, 0.6) is 0 Å². The molecule has 0 heterocycles. The van der Waals surface area contributed by atoms with Crippen LogP contribution in [0.25, 0.3) is 0 Å². The van der Waals surface area contributed by atoms with E-state index >= 15 is 0 Å². The zero-order valence-electron chi connectivity index (χ0n) is 8.42. The van der Waals surface area contributed by atoms with E-state index < -0.39 is 0 Å². The third-order valence-corrected chi connectivity index (χ3v) is 1.96. The number of rotatable bonds is 5. The predicted molar refractivity (Wildman–Crippen MR) is 57.4 cm³/mol. The number of benzene rings is 1. The Labute approximate surface area is 84.4 Å².